The molecule has 0 bridgehead atoms. The minimum atomic E-state index is -0.422. The molecule has 1 aliphatic carbocycles. The van der Waals surface area contributed by atoms with Crippen molar-refractivity contribution in [3.63, 3.8) is 0 Å². The van der Waals surface area contributed by atoms with Gasteiger partial charge in [-0.1, -0.05) is 206 Å². The van der Waals surface area contributed by atoms with E-state index in [0.29, 0.717) is 5.82 Å². The quantitative estimate of drug-likeness (QED) is 0.160. The Balaban J connectivity index is 0.928. The lowest BCUT2D eigenvalue weighted by molar-refractivity contribution is 0.768. The van der Waals surface area contributed by atoms with E-state index < -0.39 is 5.41 Å². The zero-order valence-electron chi connectivity index (χ0n) is 35.9. The van der Waals surface area contributed by atoms with Crippen LogP contribution in [0, 0.1) is 0 Å². The summed E-state index contributed by atoms with van der Waals surface area (Å²) in [5.41, 5.74) is 17.0. The molecule has 0 saturated heterocycles. The number of rotatable bonds is 7. The molecule has 0 radical (unpaired) electrons. The number of aromatic nitrogens is 2. The average Bonchev–Trinajstić information content (AvgIpc) is 3.92. The van der Waals surface area contributed by atoms with Crippen molar-refractivity contribution in [2.75, 3.05) is 0 Å². The van der Waals surface area contributed by atoms with Gasteiger partial charge in [0.25, 0.3) is 0 Å². The van der Waals surface area contributed by atoms with E-state index in [4.69, 9.17) is 9.97 Å². The Morgan fingerprint density at radius 1 is 0.288 bits per heavy atom. The van der Waals surface area contributed by atoms with Gasteiger partial charge in [-0.2, -0.15) is 0 Å². The molecule has 0 saturated carbocycles. The molecule has 66 heavy (non-hydrogen) atoms. The van der Waals surface area contributed by atoms with E-state index in [1.807, 2.05) is 17.4 Å². The van der Waals surface area contributed by atoms with Gasteiger partial charge in [-0.3, -0.25) is 0 Å². The number of fused-ring (bicyclic) bond motifs is 7. The van der Waals surface area contributed by atoms with Crippen molar-refractivity contribution in [1.82, 2.24) is 9.97 Å². The molecule has 0 fully saturated rings. The van der Waals surface area contributed by atoms with Crippen molar-refractivity contribution < 1.29 is 0 Å². The van der Waals surface area contributed by atoms with Crippen molar-refractivity contribution in [3.8, 4) is 67.3 Å². The van der Waals surface area contributed by atoms with Gasteiger partial charge in [0.2, 0.25) is 0 Å². The number of thiophene rings is 1. The first-order valence-corrected chi connectivity index (χ1v) is 23.4. The smallest absolute Gasteiger partial charge is 0.160 e. The Morgan fingerprint density at radius 3 is 1.64 bits per heavy atom. The van der Waals surface area contributed by atoms with Crippen LogP contribution in [0.3, 0.4) is 0 Å². The summed E-state index contributed by atoms with van der Waals surface area (Å²) in [6, 6.07) is 88.3. The van der Waals surface area contributed by atoms with Gasteiger partial charge in [0.15, 0.2) is 5.82 Å². The van der Waals surface area contributed by atoms with Crippen LogP contribution in [0.25, 0.3) is 98.2 Å². The lowest BCUT2D eigenvalue weighted by Gasteiger charge is -2.33. The zero-order valence-corrected chi connectivity index (χ0v) is 36.7. The van der Waals surface area contributed by atoms with Crippen molar-refractivity contribution in [3.05, 3.63) is 265 Å². The van der Waals surface area contributed by atoms with Gasteiger partial charge in [0.05, 0.1) is 16.8 Å². The Kier molecular flexibility index (Phi) is 8.97. The third-order valence-corrected chi connectivity index (χ3v) is 14.7. The summed E-state index contributed by atoms with van der Waals surface area (Å²) in [7, 11) is 0. The van der Waals surface area contributed by atoms with Crippen LogP contribution in [0.1, 0.15) is 22.3 Å². The Hall–Kier alpha value is -8.24. The predicted molar refractivity (Wildman–Crippen MR) is 277 cm³/mol. The van der Waals surface area contributed by atoms with Crippen LogP contribution < -0.4 is 0 Å². The number of hydrogen-bond donors (Lipinski definition) is 0. The maximum Gasteiger partial charge on any atom is 0.160 e. The molecule has 308 valence electrons. The average molecular weight is 857 g/mol. The highest BCUT2D eigenvalue weighted by atomic mass is 32.1. The van der Waals surface area contributed by atoms with Gasteiger partial charge in [0.1, 0.15) is 0 Å². The summed E-state index contributed by atoms with van der Waals surface area (Å²) in [5, 5.41) is 4.86. The minimum Gasteiger partial charge on any atom is -0.228 e. The van der Waals surface area contributed by atoms with Gasteiger partial charge in [-0.25, -0.2) is 9.97 Å². The molecular weight excluding hydrogens is 817 g/mol. The van der Waals surface area contributed by atoms with Crippen LogP contribution in [0.2, 0.25) is 0 Å². The third kappa shape index (κ3) is 6.09. The van der Waals surface area contributed by atoms with E-state index in [-0.39, 0.29) is 0 Å². The number of hydrogen-bond acceptors (Lipinski definition) is 3. The lowest BCUT2D eigenvalue weighted by Crippen LogP contribution is -2.28. The number of nitrogens with zero attached hydrogens (tertiary/aromatic N) is 2. The molecule has 2 aromatic heterocycles. The second-order valence-electron chi connectivity index (χ2n) is 17.2. The molecular formula is C63H40N2S. The monoisotopic (exact) mass is 856 g/mol. The fourth-order valence-electron chi connectivity index (χ4n) is 10.6. The standard InChI is InChI=1S/C63H40N2S/c1-4-17-41(18-5-1)62-64-58(45-32-36-61-55(39-45)53-28-13-15-30-60(53)66-61)40-59(65-62)52-34-33-48(49-25-10-11-26-50(49)52)44-20-16-19-42(37-44)43-31-35-57-54(38-43)51-27-12-14-29-56(51)63(57,46-21-6-2-7-22-46)47-23-8-3-9-24-47/h1-40H. The highest BCUT2D eigenvalue weighted by Crippen LogP contribution is 2.56. The van der Waals surface area contributed by atoms with Gasteiger partial charge in [-0.05, 0) is 103 Å². The maximum absolute atomic E-state index is 5.29. The van der Waals surface area contributed by atoms with Crippen molar-refractivity contribution >= 4 is 42.3 Å². The van der Waals surface area contributed by atoms with Crippen LogP contribution in [0.5, 0.6) is 0 Å². The van der Waals surface area contributed by atoms with E-state index in [0.717, 1.165) is 33.5 Å². The first-order chi connectivity index (χ1) is 32.7. The van der Waals surface area contributed by atoms with E-state index in [9.17, 15) is 0 Å². The highest BCUT2D eigenvalue weighted by molar-refractivity contribution is 7.25. The molecule has 0 amide bonds. The Morgan fingerprint density at radius 2 is 0.848 bits per heavy atom. The Bertz CT molecular complexity index is 3780. The molecule has 0 spiro atoms. The van der Waals surface area contributed by atoms with Gasteiger partial charge < -0.3 is 0 Å². The molecule has 1 aliphatic rings. The lowest BCUT2D eigenvalue weighted by atomic mass is 9.67. The Labute approximate surface area is 387 Å². The molecule has 2 nitrogen and oxygen atoms in total. The third-order valence-electron chi connectivity index (χ3n) is 13.6. The molecule has 0 atom stereocenters. The molecule has 0 N–H and O–H groups in total. The molecule has 3 heteroatoms. The molecule has 0 unspecified atom stereocenters. The fourth-order valence-corrected chi connectivity index (χ4v) is 11.7. The normalized spacial score (nSPS) is 12.7. The van der Waals surface area contributed by atoms with Crippen molar-refractivity contribution in [1.29, 1.82) is 0 Å². The summed E-state index contributed by atoms with van der Waals surface area (Å²) in [6.45, 7) is 0. The van der Waals surface area contributed by atoms with Crippen LogP contribution in [0.4, 0.5) is 0 Å². The summed E-state index contributed by atoms with van der Waals surface area (Å²) in [4.78, 5) is 10.5. The highest BCUT2D eigenvalue weighted by Gasteiger charge is 2.46. The number of benzene rings is 10. The molecule has 12 aromatic rings. The summed E-state index contributed by atoms with van der Waals surface area (Å²) in [5.74, 6) is 0.709. The predicted octanol–water partition coefficient (Wildman–Crippen LogP) is 16.7. The van der Waals surface area contributed by atoms with E-state index >= 15 is 0 Å². The minimum absolute atomic E-state index is 0.422. The van der Waals surface area contributed by atoms with Crippen molar-refractivity contribution in [2.24, 2.45) is 0 Å². The first-order valence-electron chi connectivity index (χ1n) is 22.6. The SMILES string of the molecule is c1ccc(-c2nc(-c3ccc4sc5ccccc5c4c3)cc(-c3ccc(-c4cccc(-c5ccc6c(c5)-c5ccccc5C6(c5ccccc5)c5ccccc5)c4)c4ccccc34)n2)cc1. The van der Waals surface area contributed by atoms with Crippen LogP contribution in [-0.4, -0.2) is 9.97 Å². The van der Waals surface area contributed by atoms with E-state index in [1.165, 1.54) is 81.2 Å². The largest absolute Gasteiger partial charge is 0.228 e. The van der Waals surface area contributed by atoms with Gasteiger partial charge >= 0.3 is 0 Å². The summed E-state index contributed by atoms with van der Waals surface area (Å²) in [6.07, 6.45) is 0. The van der Waals surface area contributed by atoms with Crippen LogP contribution in [-0.2, 0) is 5.41 Å². The summed E-state index contributed by atoms with van der Waals surface area (Å²) >= 11 is 1.83. The molecule has 2 heterocycles. The van der Waals surface area contributed by atoms with Crippen molar-refractivity contribution in [2.45, 2.75) is 5.41 Å². The second-order valence-corrected chi connectivity index (χ2v) is 18.3. The topological polar surface area (TPSA) is 25.8 Å². The van der Waals surface area contributed by atoms with Crippen LogP contribution >= 0.6 is 11.3 Å². The molecule has 13 rings (SSSR count). The van der Waals surface area contributed by atoms with E-state index in [2.05, 4.69) is 237 Å². The maximum atomic E-state index is 5.29. The van der Waals surface area contributed by atoms with E-state index in [1.54, 1.807) is 0 Å². The van der Waals surface area contributed by atoms with Gasteiger partial charge in [-0.15, -0.1) is 11.3 Å². The summed E-state index contributed by atoms with van der Waals surface area (Å²) < 4.78 is 2.57. The molecule has 0 aliphatic heterocycles. The fraction of sp³-hybridized carbons (Fsp3) is 0.0159. The van der Waals surface area contributed by atoms with Crippen LogP contribution in [0.15, 0.2) is 243 Å². The molecule has 10 aromatic carbocycles. The zero-order chi connectivity index (χ0) is 43.6. The second kappa shape index (κ2) is 15.5. The first kappa shape index (κ1) is 38.2. The van der Waals surface area contributed by atoms with Gasteiger partial charge in [0, 0.05) is 36.9 Å².